The largest absolute Gasteiger partial charge is 0.435 e. The molecule has 0 unspecified atom stereocenters. The molecule has 0 fully saturated rings. The Morgan fingerprint density at radius 2 is 1.67 bits per heavy atom. The third kappa shape index (κ3) is 2.14. The van der Waals surface area contributed by atoms with E-state index in [1.807, 2.05) is 0 Å². The molecule has 0 aliphatic carbocycles. The number of hydrogen-bond acceptors (Lipinski definition) is 3. The molecule has 0 spiro atoms. The van der Waals surface area contributed by atoms with Crippen molar-refractivity contribution in [3.05, 3.63) is 0 Å². The van der Waals surface area contributed by atoms with Crippen LogP contribution in [0.15, 0.2) is 0 Å². The third-order valence-corrected chi connectivity index (χ3v) is 0.338. The molecule has 1 radical (unpaired) electrons. The highest BCUT2D eigenvalue weighted by Gasteiger charge is 1.97. The summed E-state index contributed by atoms with van der Waals surface area (Å²) in [6, 6.07) is 0. The monoisotopic (exact) mass is 117 g/mol. The van der Waals surface area contributed by atoms with Crippen molar-refractivity contribution < 1.29 is 23.1 Å². The summed E-state index contributed by atoms with van der Waals surface area (Å²) >= 11 is 0. The minimum Gasteiger partial charge on any atom is -0.216 e. The molecule has 6 heteroatoms. The Balaban J connectivity index is 2.99. The van der Waals surface area contributed by atoms with Crippen molar-refractivity contribution in [2.45, 2.75) is 0 Å². The maximum atomic E-state index is 10.2. The summed E-state index contributed by atoms with van der Waals surface area (Å²) in [6.45, 7) is 0. The van der Waals surface area contributed by atoms with Crippen LogP contribution in [0.1, 0.15) is 0 Å². The first-order chi connectivity index (χ1) is 2.81. The zero-order valence-corrected chi connectivity index (χ0v) is 3.32. The van der Waals surface area contributed by atoms with Gasteiger partial charge in [0.15, 0.2) is 0 Å². The van der Waals surface area contributed by atoms with E-state index in [4.69, 9.17) is 4.57 Å². The Hall–Kier alpha value is -0.120. The van der Waals surface area contributed by atoms with Crippen LogP contribution in [-0.4, -0.2) is 0 Å². The van der Waals surface area contributed by atoms with Crippen LogP contribution < -0.4 is 0 Å². The molecule has 0 amide bonds. The lowest BCUT2D eigenvalue weighted by molar-refractivity contribution is -0.0751. The molecule has 0 N–H and O–H groups in total. The van der Waals surface area contributed by atoms with E-state index in [-0.39, 0.29) is 0 Å². The van der Waals surface area contributed by atoms with Gasteiger partial charge >= 0.3 is 8.25 Å². The topological polar surface area (TPSA) is 35.5 Å². The van der Waals surface area contributed by atoms with Gasteiger partial charge in [0.05, 0.1) is 0 Å². The zero-order valence-electron chi connectivity index (χ0n) is 2.43. The van der Waals surface area contributed by atoms with E-state index in [0.717, 1.165) is 0 Å². The van der Waals surface area contributed by atoms with E-state index >= 15 is 0 Å². The number of hydrogen-bond donors (Lipinski definition) is 0. The Kier molecular flexibility index (Phi) is 3.02. The fourth-order valence-electron chi connectivity index (χ4n) is 0.0106. The standard InChI is InChI=1S/F2O3P/c1-4-6(3)5-2. The summed E-state index contributed by atoms with van der Waals surface area (Å²) < 4.78 is 34.2. The van der Waals surface area contributed by atoms with E-state index in [2.05, 4.69) is 9.46 Å². The Bertz CT molecular complexity index is 46.8. The number of rotatable bonds is 2. The van der Waals surface area contributed by atoms with Crippen molar-refractivity contribution >= 4 is 8.25 Å². The molecule has 0 aliphatic rings. The predicted molar refractivity (Wildman–Crippen MR) is 12.0 cm³/mol. The fraction of sp³-hybridized carbons (Fsp3) is 0. The Morgan fingerprint density at radius 1 is 1.33 bits per heavy atom. The molecule has 37 valence electrons. The molecule has 0 atom stereocenters. The summed E-state index contributed by atoms with van der Waals surface area (Å²) in [5, 5.41) is 0. The highest BCUT2D eigenvalue weighted by molar-refractivity contribution is 7.32. The minimum absolute atomic E-state index is 2.31. The molecule has 0 aliphatic heterocycles. The second kappa shape index (κ2) is 3.08. The first-order valence-corrected chi connectivity index (χ1v) is 1.95. The van der Waals surface area contributed by atoms with E-state index in [9.17, 15) is 9.05 Å². The van der Waals surface area contributed by atoms with Crippen LogP contribution in [0.2, 0.25) is 0 Å². The molecule has 0 aromatic rings. The van der Waals surface area contributed by atoms with Crippen molar-refractivity contribution in [2.75, 3.05) is 0 Å². The van der Waals surface area contributed by atoms with E-state index in [1.165, 1.54) is 0 Å². The smallest absolute Gasteiger partial charge is 0.216 e. The molecule has 0 saturated heterocycles. The molecule has 0 rings (SSSR count). The van der Waals surface area contributed by atoms with Crippen molar-refractivity contribution in [3.8, 4) is 0 Å². The minimum atomic E-state index is -3.16. The maximum absolute atomic E-state index is 10.2. The second-order valence-corrected chi connectivity index (χ2v) is 1.08. The molecular formula is F2O3P. The van der Waals surface area contributed by atoms with Gasteiger partial charge < -0.3 is 0 Å². The van der Waals surface area contributed by atoms with Crippen LogP contribution in [0.3, 0.4) is 0 Å². The van der Waals surface area contributed by atoms with Gasteiger partial charge in [-0.05, 0) is 9.05 Å². The van der Waals surface area contributed by atoms with Gasteiger partial charge in [-0.1, -0.05) is 9.46 Å². The van der Waals surface area contributed by atoms with Crippen molar-refractivity contribution in [2.24, 2.45) is 0 Å². The molecular weight excluding hydrogens is 117 g/mol. The molecule has 0 bridgehead atoms. The highest BCUT2D eigenvalue weighted by Crippen LogP contribution is 2.23. The number of halogens is 2. The SMILES string of the molecule is O=[P](OF)OF. The van der Waals surface area contributed by atoms with Gasteiger partial charge in [0.2, 0.25) is 0 Å². The summed E-state index contributed by atoms with van der Waals surface area (Å²) in [7, 11) is -3.16. The Morgan fingerprint density at radius 3 is 1.67 bits per heavy atom. The van der Waals surface area contributed by atoms with E-state index in [0.29, 0.717) is 0 Å². The summed E-state index contributed by atoms with van der Waals surface area (Å²) in [4.78, 5) is 0. The van der Waals surface area contributed by atoms with Gasteiger partial charge in [-0.15, -0.1) is 0 Å². The lowest BCUT2D eigenvalue weighted by Gasteiger charge is -1.74. The Labute approximate surface area is 32.6 Å². The van der Waals surface area contributed by atoms with Crippen molar-refractivity contribution in [3.63, 3.8) is 0 Å². The van der Waals surface area contributed by atoms with E-state index < -0.39 is 8.25 Å². The van der Waals surface area contributed by atoms with Gasteiger partial charge in [-0.25, -0.2) is 4.57 Å². The van der Waals surface area contributed by atoms with Crippen LogP contribution in [0, 0.1) is 0 Å². The first-order valence-electron chi connectivity index (χ1n) is 0.856. The molecule has 0 heterocycles. The van der Waals surface area contributed by atoms with Gasteiger partial charge in [-0.2, -0.15) is 0 Å². The summed E-state index contributed by atoms with van der Waals surface area (Å²) in [5.74, 6) is 0. The first kappa shape index (κ1) is 5.88. The average Bonchev–Trinajstić information content (AvgIpc) is 1.65. The summed E-state index contributed by atoms with van der Waals surface area (Å²) in [5.41, 5.74) is 0. The van der Waals surface area contributed by atoms with Crippen LogP contribution >= 0.6 is 8.25 Å². The molecule has 0 saturated carbocycles. The molecule has 0 aromatic heterocycles. The molecule has 6 heavy (non-hydrogen) atoms. The third-order valence-electron chi connectivity index (χ3n) is 0.113. The van der Waals surface area contributed by atoms with Gasteiger partial charge in [0, 0.05) is 0 Å². The van der Waals surface area contributed by atoms with E-state index in [1.54, 1.807) is 0 Å². The quantitative estimate of drug-likeness (QED) is 0.513. The lowest BCUT2D eigenvalue weighted by Crippen LogP contribution is -1.55. The predicted octanol–water partition coefficient (Wildman–Crippen LogP) is 1.45. The lowest BCUT2D eigenvalue weighted by atomic mass is 15.6. The molecule has 0 aromatic carbocycles. The second-order valence-electron chi connectivity index (χ2n) is 0.362. The van der Waals surface area contributed by atoms with Crippen LogP contribution in [-0.2, 0) is 14.0 Å². The van der Waals surface area contributed by atoms with Crippen LogP contribution in [0.25, 0.3) is 0 Å². The van der Waals surface area contributed by atoms with Crippen molar-refractivity contribution in [1.29, 1.82) is 0 Å². The van der Waals surface area contributed by atoms with Gasteiger partial charge in [-0.3, -0.25) is 0 Å². The maximum Gasteiger partial charge on any atom is 0.435 e. The van der Waals surface area contributed by atoms with Crippen LogP contribution in [0.4, 0.5) is 9.05 Å². The fourth-order valence-corrected chi connectivity index (χ4v) is 0.0319. The van der Waals surface area contributed by atoms with Crippen molar-refractivity contribution in [1.82, 2.24) is 0 Å². The summed E-state index contributed by atoms with van der Waals surface area (Å²) in [6.07, 6.45) is 0. The highest BCUT2D eigenvalue weighted by atomic mass is 31.1. The van der Waals surface area contributed by atoms with Gasteiger partial charge in [0.1, 0.15) is 0 Å². The van der Waals surface area contributed by atoms with Gasteiger partial charge in [0.25, 0.3) is 0 Å². The average molecular weight is 117 g/mol. The molecule has 3 nitrogen and oxygen atoms in total. The normalized spacial score (nSPS) is 8.33. The van der Waals surface area contributed by atoms with Crippen LogP contribution in [0.5, 0.6) is 0 Å². The zero-order chi connectivity index (χ0) is 4.99.